The smallest absolute Gasteiger partial charge is 0.122 e. The molecule has 1 saturated heterocycles. The van der Waals surface area contributed by atoms with Crippen LogP contribution in [0.4, 0.5) is 0 Å². The molecular weight excluding hydrogens is 226 g/mol. The maximum atomic E-state index is 5.91. The van der Waals surface area contributed by atoms with E-state index in [1.54, 1.807) is 0 Å². The average Bonchev–Trinajstić information content (AvgIpc) is 2.29. The van der Waals surface area contributed by atoms with Gasteiger partial charge in [0.15, 0.2) is 0 Å². The Morgan fingerprint density at radius 1 is 1.39 bits per heavy atom. The van der Waals surface area contributed by atoms with E-state index in [9.17, 15) is 0 Å². The predicted octanol–water partition coefficient (Wildman–Crippen LogP) is 2.45. The van der Waals surface area contributed by atoms with Crippen LogP contribution in [0.2, 0.25) is 0 Å². The molecule has 1 N–H and O–H groups in total. The lowest BCUT2D eigenvalue weighted by Gasteiger charge is -2.36. The number of benzene rings is 1. The van der Waals surface area contributed by atoms with Gasteiger partial charge in [-0.15, -0.1) is 0 Å². The van der Waals surface area contributed by atoms with Gasteiger partial charge in [0.2, 0.25) is 0 Å². The highest BCUT2D eigenvalue weighted by molar-refractivity contribution is 5.35. The van der Waals surface area contributed by atoms with Crippen molar-refractivity contribution in [2.24, 2.45) is 0 Å². The lowest BCUT2D eigenvalue weighted by atomic mass is 10.0. The average molecular weight is 249 g/mol. The van der Waals surface area contributed by atoms with E-state index in [0.717, 1.165) is 12.4 Å². The van der Waals surface area contributed by atoms with Crippen LogP contribution in [0, 0.1) is 13.8 Å². The molecule has 18 heavy (non-hydrogen) atoms. The minimum atomic E-state index is 0.0356. The van der Waals surface area contributed by atoms with E-state index in [1.807, 2.05) is 0 Å². The summed E-state index contributed by atoms with van der Waals surface area (Å²) >= 11 is 0. The van der Waals surface area contributed by atoms with Crippen molar-refractivity contribution in [2.75, 3.05) is 19.8 Å². The lowest BCUT2D eigenvalue weighted by Crippen LogP contribution is -2.57. The highest BCUT2D eigenvalue weighted by atomic mass is 16.5. The number of aryl methyl sites for hydroxylation is 2. The van der Waals surface area contributed by atoms with Crippen molar-refractivity contribution >= 4 is 0 Å². The third-order valence-electron chi connectivity index (χ3n) is 3.16. The number of rotatable bonds is 3. The van der Waals surface area contributed by atoms with E-state index < -0.39 is 0 Å². The van der Waals surface area contributed by atoms with Gasteiger partial charge in [-0.3, -0.25) is 0 Å². The van der Waals surface area contributed by atoms with E-state index in [4.69, 9.17) is 9.47 Å². The molecule has 0 amide bonds. The van der Waals surface area contributed by atoms with Gasteiger partial charge < -0.3 is 14.8 Å². The van der Waals surface area contributed by atoms with Crippen LogP contribution >= 0.6 is 0 Å². The van der Waals surface area contributed by atoms with Crippen LogP contribution in [0.15, 0.2) is 18.2 Å². The normalized spacial score (nSPS) is 22.8. The van der Waals surface area contributed by atoms with Crippen molar-refractivity contribution < 1.29 is 9.47 Å². The molecule has 1 aromatic rings. The molecule has 0 aromatic heterocycles. The molecule has 1 atom stereocenters. The zero-order chi connectivity index (χ0) is 13.2. The minimum Gasteiger partial charge on any atom is -0.492 e. The second kappa shape index (κ2) is 5.29. The Labute approximate surface area is 109 Å². The van der Waals surface area contributed by atoms with Gasteiger partial charge in [0.05, 0.1) is 19.3 Å². The Morgan fingerprint density at radius 2 is 2.17 bits per heavy atom. The van der Waals surface area contributed by atoms with Crippen molar-refractivity contribution in [1.82, 2.24) is 5.32 Å². The van der Waals surface area contributed by atoms with Gasteiger partial charge in [-0.2, -0.15) is 0 Å². The topological polar surface area (TPSA) is 30.5 Å². The first-order valence-electron chi connectivity index (χ1n) is 6.52. The molecule has 0 bridgehead atoms. The minimum absolute atomic E-state index is 0.0356. The fraction of sp³-hybridized carbons (Fsp3) is 0.600. The van der Waals surface area contributed by atoms with Gasteiger partial charge in [0, 0.05) is 5.54 Å². The SMILES string of the molecule is Cc1ccc(C)c(OCC2COCC(C)(C)N2)c1. The van der Waals surface area contributed by atoms with Gasteiger partial charge in [-0.1, -0.05) is 12.1 Å². The van der Waals surface area contributed by atoms with Gasteiger partial charge >= 0.3 is 0 Å². The van der Waals surface area contributed by atoms with Crippen molar-refractivity contribution in [3.8, 4) is 5.75 Å². The van der Waals surface area contributed by atoms with E-state index in [1.165, 1.54) is 11.1 Å². The molecule has 100 valence electrons. The second-order valence-corrected chi connectivity index (χ2v) is 5.82. The zero-order valence-electron chi connectivity index (χ0n) is 11.7. The fourth-order valence-electron chi connectivity index (χ4n) is 2.24. The molecule has 1 aliphatic heterocycles. The Bertz CT molecular complexity index is 415. The summed E-state index contributed by atoms with van der Waals surface area (Å²) in [6.45, 7) is 10.6. The standard InChI is InChI=1S/C15H23NO2/c1-11-5-6-12(2)14(7-11)18-9-13-8-17-10-15(3,4)16-13/h5-7,13,16H,8-10H2,1-4H3. The molecule has 1 aromatic carbocycles. The van der Waals surface area contributed by atoms with Crippen LogP contribution in [0.25, 0.3) is 0 Å². The maximum Gasteiger partial charge on any atom is 0.122 e. The largest absolute Gasteiger partial charge is 0.492 e. The summed E-state index contributed by atoms with van der Waals surface area (Å²) in [5.74, 6) is 0.972. The Kier molecular flexibility index (Phi) is 3.93. The molecule has 0 aliphatic carbocycles. The predicted molar refractivity (Wildman–Crippen MR) is 73.2 cm³/mol. The van der Waals surface area contributed by atoms with Crippen molar-refractivity contribution in [3.05, 3.63) is 29.3 Å². The first kappa shape index (κ1) is 13.4. The lowest BCUT2D eigenvalue weighted by molar-refractivity contribution is 0.000880. The van der Waals surface area contributed by atoms with E-state index >= 15 is 0 Å². The summed E-state index contributed by atoms with van der Waals surface area (Å²) in [5, 5.41) is 3.55. The molecular formula is C15H23NO2. The van der Waals surface area contributed by atoms with Crippen LogP contribution in [0.3, 0.4) is 0 Å². The summed E-state index contributed by atoms with van der Waals surface area (Å²) < 4.78 is 11.5. The van der Waals surface area contributed by atoms with Crippen LogP contribution < -0.4 is 10.1 Å². The molecule has 1 fully saturated rings. The number of hydrogen-bond acceptors (Lipinski definition) is 3. The summed E-state index contributed by atoms with van der Waals surface area (Å²) in [6, 6.07) is 6.55. The van der Waals surface area contributed by atoms with Crippen molar-refractivity contribution in [2.45, 2.75) is 39.3 Å². The van der Waals surface area contributed by atoms with Crippen LogP contribution in [0.5, 0.6) is 5.75 Å². The Morgan fingerprint density at radius 3 is 2.89 bits per heavy atom. The monoisotopic (exact) mass is 249 g/mol. The number of morpholine rings is 1. The van der Waals surface area contributed by atoms with Crippen LogP contribution in [0.1, 0.15) is 25.0 Å². The maximum absolute atomic E-state index is 5.91. The van der Waals surface area contributed by atoms with Crippen molar-refractivity contribution in [1.29, 1.82) is 0 Å². The molecule has 1 aliphatic rings. The third kappa shape index (κ3) is 3.47. The Hall–Kier alpha value is -1.06. The first-order chi connectivity index (χ1) is 8.46. The molecule has 1 unspecified atom stereocenters. The molecule has 1 heterocycles. The van der Waals surface area contributed by atoms with Gasteiger partial charge in [0.1, 0.15) is 12.4 Å². The van der Waals surface area contributed by atoms with Gasteiger partial charge in [-0.05, 0) is 44.9 Å². The van der Waals surface area contributed by atoms with Crippen LogP contribution in [-0.4, -0.2) is 31.4 Å². The van der Waals surface area contributed by atoms with Crippen LogP contribution in [-0.2, 0) is 4.74 Å². The summed E-state index contributed by atoms with van der Waals surface area (Å²) in [4.78, 5) is 0. The number of nitrogens with one attached hydrogen (secondary N) is 1. The fourth-order valence-corrected chi connectivity index (χ4v) is 2.24. The second-order valence-electron chi connectivity index (χ2n) is 5.82. The molecule has 3 nitrogen and oxygen atoms in total. The molecule has 2 rings (SSSR count). The molecule has 3 heteroatoms. The van der Waals surface area contributed by atoms with E-state index in [-0.39, 0.29) is 11.6 Å². The Balaban J connectivity index is 1.93. The van der Waals surface area contributed by atoms with Crippen molar-refractivity contribution in [3.63, 3.8) is 0 Å². The quantitative estimate of drug-likeness (QED) is 0.892. The summed E-state index contributed by atoms with van der Waals surface area (Å²) in [6.07, 6.45) is 0. The van der Waals surface area contributed by atoms with E-state index in [0.29, 0.717) is 13.2 Å². The van der Waals surface area contributed by atoms with E-state index in [2.05, 4.69) is 51.2 Å². The highest BCUT2D eigenvalue weighted by Gasteiger charge is 2.27. The summed E-state index contributed by atoms with van der Waals surface area (Å²) in [7, 11) is 0. The third-order valence-corrected chi connectivity index (χ3v) is 3.16. The number of ether oxygens (including phenoxy) is 2. The highest BCUT2D eigenvalue weighted by Crippen LogP contribution is 2.20. The first-order valence-corrected chi connectivity index (χ1v) is 6.52. The number of hydrogen-bond donors (Lipinski definition) is 1. The zero-order valence-corrected chi connectivity index (χ0v) is 11.7. The molecule has 0 spiro atoms. The molecule has 0 saturated carbocycles. The molecule has 0 radical (unpaired) electrons. The summed E-state index contributed by atoms with van der Waals surface area (Å²) in [5.41, 5.74) is 2.44. The van der Waals surface area contributed by atoms with Gasteiger partial charge in [-0.25, -0.2) is 0 Å². The van der Waals surface area contributed by atoms with Gasteiger partial charge in [0.25, 0.3) is 0 Å².